The molecule has 0 aromatic rings. The topological polar surface area (TPSA) is 158 Å². The molecular formula is C19H34N2O8. The number of rotatable bonds is 5. The summed E-state index contributed by atoms with van der Waals surface area (Å²) in [5.74, 6) is -0.755. The molecule has 0 aromatic heterocycles. The maximum atomic E-state index is 12.9. The average Bonchev–Trinajstić information content (AvgIpc) is 2.68. The minimum absolute atomic E-state index is 0.328. The number of ether oxygens (including phenoxy) is 2. The Bertz CT molecular complexity index is 593. The third-order valence-electron chi connectivity index (χ3n) is 5.63. The van der Waals surface area contributed by atoms with E-state index in [2.05, 4.69) is 10.6 Å². The van der Waals surface area contributed by atoms with E-state index in [9.17, 15) is 30.0 Å². The van der Waals surface area contributed by atoms with E-state index in [0.717, 1.165) is 6.42 Å². The summed E-state index contributed by atoms with van der Waals surface area (Å²) in [4.78, 5) is 25.6. The van der Waals surface area contributed by atoms with Crippen molar-refractivity contribution in [2.45, 2.75) is 88.8 Å². The fraction of sp³-hybridized carbons (Fsp3) is 0.895. The first-order chi connectivity index (χ1) is 13.5. The second-order valence-electron chi connectivity index (χ2n) is 8.82. The maximum Gasteiger partial charge on any atom is 0.248 e. The molecule has 10 nitrogen and oxygen atoms in total. The lowest BCUT2D eigenvalue weighted by Gasteiger charge is -2.47. The zero-order chi connectivity index (χ0) is 22.0. The molecule has 1 aliphatic heterocycles. The van der Waals surface area contributed by atoms with Gasteiger partial charge in [0.2, 0.25) is 11.8 Å². The Morgan fingerprint density at radius 1 is 1.14 bits per heavy atom. The summed E-state index contributed by atoms with van der Waals surface area (Å²) < 4.78 is 11.4. The molecule has 2 aliphatic rings. The number of aliphatic hydroxyl groups is 4. The van der Waals surface area contributed by atoms with Gasteiger partial charge in [-0.3, -0.25) is 9.59 Å². The summed E-state index contributed by atoms with van der Waals surface area (Å²) in [7, 11) is 1.47. The van der Waals surface area contributed by atoms with Gasteiger partial charge in [0.15, 0.2) is 6.29 Å². The second-order valence-corrected chi connectivity index (χ2v) is 8.82. The molecule has 1 saturated carbocycles. The van der Waals surface area contributed by atoms with Gasteiger partial charge in [0.05, 0.1) is 12.7 Å². The van der Waals surface area contributed by atoms with Gasteiger partial charge in [0.25, 0.3) is 0 Å². The number of hydrogen-bond donors (Lipinski definition) is 6. The van der Waals surface area contributed by atoms with Crippen LogP contribution in [-0.2, 0) is 19.1 Å². The summed E-state index contributed by atoms with van der Waals surface area (Å²) in [6.07, 6.45) is -5.88. The number of amides is 2. The van der Waals surface area contributed by atoms with Gasteiger partial charge < -0.3 is 40.5 Å². The van der Waals surface area contributed by atoms with Crippen LogP contribution in [0.5, 0.6) is 0 Å². The van der Waals surface area contributed by atoms with Crippen LogP contribution in [0.2, 0.25) is 0 Å². The Balaban J connectivity index is 2.31. The molecule has 29 heavy (non-hydrogen) atoms. The highest BCUT2D eigenvalue weighted by molar-refractivity contribution is 5.93. The van der Waals surface area contributed by atoms with Crippen LogP contribution in [0.3, 0.4) is 0 Å². The van der Waals surface area contributed by atoms with Crippen molar-refractivity contribution < 1.29 is 39.5 Å². The third-order valence-corrected chi connectivity index (χ3v) is 5.63. The smallest absolute Gasteiger partial charge is 0.248 e. The highest BCUT2D eigenvalue weighted by Crippen LogP contribution is 2.35. The van der Waals surface area contributed by atoms with Gasteiger partial charge in [-0.15, -0.1) is 0 Å². The zero-order valence-electron chi connectivity index (χ0n) is 17.4. The molecule has 0 spiro atoms. The maximum absolute atomic E-state index is 12.9. The van der Waals surface area contributed by atoms with Crippen molar-refractivity contribution in [3.05, 3.63) is 0 Å². The van der Waals surface area contributed by atoms with E-state index < -0.39 is 60.3 Å². The van der Waals surface area contributed by atoms with Crippen LogP contribution in [0.1, 0.15) is 46.5 Å². The molecule has 0 bridgehead atoms. The van der Waals surface area contributed by atoms with Crippen LogP contribution >= 0.6 is 0 Å². The first-order valence-corrected chi connectivity index (χ1v) is 9.98. The van der Waals surface area contributed by atoms with E-state index in [0.29, 0.717) is 19.3 Å². The van der Waals surface area contributed by atoms with Gasteiger partial charge in [-0.25, -0.2) is 0 Å². The van der Waals surface area contributed by atoms with Crippen molar-refractivity contribution in [3.8, 4) is 0 Å². The van der Waals surface area contributed by atoms with Gasteiger partial charge in [-0.2, -0.15) is 0 Å². The first kappa shape index (κ1) is 24.0. The summed E-state index contributed by atoms with van der Waals surface area (Å²) in [5, 5.41) is 45.1. The number of carbonyl (C=O) groups excluding carboxylic acids is 2. The van der Waals surface area contributed by atoms with Crippen LogP contribution < -0.4 is 10.6 Å². The lowest BCUT2D eigenvalue weighted by Crippen LogP contribution is -2.69. The summed E-state index contributed by atoms with van der Waals surface area (Å²) in [5.41, 5.74) is -2.12. The van der Waals surface area contributed by atoms with Crippen molar-refractivity contribution in [2.75, 3.05) is 13.7 Å². The molecule has 1 heterocycles. The van der Waals surface area contributed by atoms with Crippen LogP contribution in [0.25, 0.3) is 0 Å². The molecule has 0 unspecified atom stereocenters. The normalized spacial score (nSPS) is 38.3. The van der Waals surface area contributed by atoms with Gasteiger partial charge in [-0.1, -0.05) is 33.6 Å². The standard InChI is InChI=1S/C19H34N2O8/c1-18(2,3)16(26)21-19(17(27)20-4)8-6-5-7-11(19)29-15-14(25)13(24)12(23)10(9-22)28-15/h10-15,22-25H,5-9H2,1-4H3,(H,20,27)(H,21,26)/t10-,11+,12-,13+,14-,15+,19-/m1/s1. The first-order valence-electron chi connectivity index (χ1n) is 9.98. The van der Waals surface area contributed by atoms with Crippen molar-refractivity contribution in [2.24, 2.45) is 5.41 Å². The van der Waals surface area contributed by atoms with E-state index in [1.165, 1.54) is 7.05 Å². The SMILES string of the molecule is CNC(=O)[C@@]1(NC(=O)C(C)(C)C)CCCC[C@@H]1O[C@@H]1O[C@H](CO)[C@@H](O)[C@H](O)[C@H]1O. The predicted octanol–water partition coefficient (Wildman–Crippen LogP) is -1.61. The Kier molecular flexibility index (Phi) is 7.63. The van der Waals surface area contributed by atoms with Gasteiger partial charge >= 0.3 is 0 Å². The molecule has 10 heteroatoms. The quantitative estimate of drug-likeness (QED) is 0.311. The fourth-order valence-corrected chi connectivity index (χ4v) is 3.74. The van der Waals surface area contributed by atoms with Crippen LogP contribution in [-0.4, -0.2) is 88.2 Å². The largest absolute Gasteiger partial charge is 0.394 e. The van der Waals surface area contributed by atoms with Crippen LogP contribution in [0.15, 0.2) is 0 Å². The molecule has 1 saturated heterocycles. The van der Waals surface area contributed by atoms with Crippen molar-refractivity contribution in [1.82, 2.24) is 10.6 Å². The fourth-order valence-electron chi connectivity index (χ4n) is 3.74. The summed E-state index contributed by atoms with van der Waals surface area (Å²) in [6, 6.07) is 0. The van der Waals surface area contributed by atoms with E-state index >= 15 is 0 Å². The second kappa shape index (κ2) is 9.23. The van der Waals surface area contributed by atoms with Crippen molar-refractivity contribution in [1.29, 1.82) is 0 Å². The number of carbonyl (C=O) groups is 2. The lowest BCUT2D eigenvalue weighted by molar-refractivity contribution is -0.317. The number of hydrogen-bond acceptors (Lipinski definition) is 8. The minimum atomic E-state index is -1.59. The monoisotopic (exact) mass is 418 g/mol. The Hall–Kier alpha value is -1.30. The Morgan fingerprint density at radius 3 is 2.34 bits per heavy atom. The molecule has 2 fully saturated rings. The highest BCUT2D eigenvalue weighted by Gasteiger charge is 2.53. The lowest BCUT2D eigenvalue weighted by atomic mass is 9.77. The molecule has 0 aromatic carbocycles. The average molecular weight is 418 g/mol. The number of likely N-dealkylation sites (N-methyl/N-ethyl adjacent to an activating group) is 1. The zero-order valence-corrected chi connectivity index (χ0v) is 17.4. The van der Waals surface area contributed by atoms with Crippen LogP contribution in [0, 0.1) is 5.41 Å². The van der Waals surface area contributed by atoms with Gasteiger partial charge in [0, 0.05) is 12.5 Å². The Morgan fingerprint density at radius 2 is 1.79 bits per heavy atom. The van der Waals surface area contributed by atoms with E-state index in [1.54, 1.807) is 20.8 Å². The molecule has 2 rings (SSSR count). The molecular weight excluding hydrogens is 384 g/mol. The predicted molar refractivity (Wildman–Crippen MR) is 102 cm³/mol. The highest BCUT2D eigenvalue weighted by atomic mass is 16.7. The van der Waals surface area contributed by atoms with Crippen molar-refractivity contribution >= 4 is 11.8 Å². The van der Waals surface area contributed by atoms with Gasteiger partial charge in [-0.05, 0) is 12.8 Å². The molecule has 6 N–H and O–H groups in total. The summed E-state index contributed by atoms with van der Waals surface area (Å²) >= 11 is 0. The molecule has 0 radical (unpaired) electrons. The van der Waals surface area contributed by atoms with E-state index in [1.807, 2.05) is 0 Å². The molecule has 2 amide bonds. The molecule has 7 atom stereocenters. The Labute approximate surface area is 170 Å². The van der Waals surface area contributed by atoms with Crippen molar-refractivity contribution in [3.63, 3.8) is 0 Å². The molecule has 168 valence electrons. The summed E-state index contributed by atoms with van der Waals surface area (Å²) in [6.45, 7) is 4.61. The third kappa shape index (κ3) is 4.89. The van der Waals surface area contributed by atoms with E-state index in [-0.39, 0.29) is 5.91 Å². The number of nitrogens with one attached hydrogen (secondary N) is 2. The molecule has 1 aliphatic carbocycles. The van der Waals surface area contributed by atoms with E-state index in [4.69, 9.17) is 9.47 Å². The number of aliphatic hydroxyl groups excluding tert-OH is 4. The van der Waals surface area contributed by atoms with Crippen LogP contribution in [0.4, 0.5) is 0 Å². The van der Waals surface area contributed by atoms with Gasteiger partial charge in [0.1, 0.15) is 30.0 Å². The minimum Gasteiger partial charge on any atom is -0.394 e.